The minimum absolute atomic E-state index is 0.00463. The second-order valence-electron chi connectivity index (χ2n) is 5.07. The van der Waals surface area contributed by atoms with E-state index in [1.165, 1.54) is 43.9 Å². The molecule has 0 heterocycles. The Morgan fingerprint density at radius 2 is 1.12 bits per heavy atom. The summed E-state index contributed by atoms with van der Waals surface area (Å²) < 4.78 is 4.11. The zero-order chi connectivity index (χ0) is 19.7. The molecule has 0 atom stereocenters. The third kappa shape index (κ3) is 27.9. The lowest BCUT2D eigenvalue weighted by molar-refractivity contribution is -0.138. The first kappa shape index (κ1) is 26.5. The molecule has 0 bridgehead atoms. The first-order valence-corrected chi connectivity index (χ1v) is 7.41. The number of amides is 2. The summed E-state index contributed by atoms with van der Waals surface area (Å²) in [5, 5.41) is 2.39. The van der Waals surface area contributed by atoms with Crippen molar-refractivity contribution in [3.8, 4) is 0 Å². The molecule has 1 rings (SSSR count). The Bertz CT molecular complexity index is 433. The van der Waals surface area contributed by atoms with E-state index in [4.69, 9.17) is 0 Å². The molecule has 6 nitrogen and oxygen atoms in total. The fourth-order valence-corrected chi connectivity index (χ4v) is 0.637. The molecular weight excluding hydrogens is 308 g/mol. The van der Waals surface area contributed by atoms with Crippen molar-refractivity contribution in [2.24, 2.45) is 0 Å². The van der Waals surface area contributed by atoms with E-state index >= 15 is 0 Å². The average molecular weight is 340 g/mol. The predicted octanol–water partition coefficient (Wildman–Crippen LogP) is 2.33. The van der Waals surface area contributed by atoms with Crippen LogP contribution in [0.2, 0.25) is 0 Å². The van der Waals surface area contributed by atoms with E-state index in [9.17, 15) is 14.4 Å². The van der Waals surface area contributed by atoms with Crippen LogP contribution in [0, 0.1) is 13.8 Å². The first-order chi connectivity index (χ1) is 11.0. The van der Waals surface area contributed by atoms with E-state index < -0.39 is 0 Å². The molecule has 0 aliphatic rings. The topological polar surface area (TPSA) is 75.7 Å². The van der Waals surface area contributed by atoms with E-state index in [2.05, 4.69) is 48.2 Å². The molecule has 0 aromatic heterocycles. The van der Waals surface area contributed by atoms with Crippen molar-refractivity contribution in [2.45, 2.75) is 34.6 Å². The minimum Gasteiger partial charge on any atom is -0.469 e. The molecule has 1 N–H and O–H groups in total. The average Bonchev–Trinajstić information content (AvgIpc) is 2.51. The number of hydrogen-bond donors (Lipinski definition) is 1. The number of benzene rings is 1. The first-order valence-electron chi connectivity index (χ1n) is 7.41. The molecule has 2 amide bonds. The van der Waals surface area contributed by atoms with Gasteiger partial charge in [-0.15, -0.1) is 0 Å². The van der Waals surface area contributed by atoms with Gasteiger partial charge in [0, 0.05) is 41.9 Å². The van der Waals surface area contributed by atoms with Crippen molar-refractivity contribution in [2.75, 3.05) is 28.3 Å². The van der Waals surface area contributed by atoms with Gasteiger partial charge in [0.2, 0.25) is 11.8 Å². The van der Waals surface area contributed by atoms with E-state index in [1.807, 2.05) is 0 Å². The van der Waals surface area contributed by atoms with Crippen molar-refractivity contribution in [3.05, 3.63) is 35.4 Å². The number of hydrogen-bond acceptors (Lipinski definition) is 4. The third-order valence-corrected chi connectivity index (χ3v) is 2.49. The Kier molecular flexibility index (Phi) is 18.8. The van der Waals surface area contributed by atoms with Crippen molar-refractivity contribution in [3.63, 3.8) is 0 Å². The van der Waals surface area contributed by atoms with Crippen LogP contribution in [-0.4, -0.2) is 50.9 Å². The van der Waals surface area contributed by atoms with Gasteiger partial charge in [0.05, 0.1) is 7.11 Å². The Morgan fingerprint density at radius 3 is 1.21 bits per heavy atom. The lowest BCUT2D eigenvalue weighted by Gasteiger charge is -2.02. The van der Waals surface area contributed by atoms with Gasteiger partial charge in [-0.25, -0.2) is 0 Å². The van der Waals surface area contributed by atoms with Crippen LogP contribution < -0.4 is 5.32 Å². The van der Waals surface area contributed by atoms with Gasteiger partial charge in [-0.1, -0.05) is 35.4 Å². The smallest absolute Gasteiger partial charge is 0.302 e. The Balaban J connectivity index is -0.000000252. The van der Waals surface area contributed by atoms with E-state index in [1.54, 1.807) is 21.1 Å². The summed E-state index contributed by atoms with van der Waals surface area (Å²) in [5.74, 6) is -0.148. The second kappa shape index (κ2) is 17.0. The highest BCUT2D eigenvalue weighted by Crippen LogP contribution is 1.99. The molecule has 0 saturated carbocycles. The fourth-order valence-electron chi connectivity index (χ4n) is 0.637. The van der Waals surface area contributed by atoms with Gasteiger partial charge in [-0.3, -0.25) is 14.4 Å². The number of nitrogens with one attached hydrogen (secondary N) is 1. The Morgan fingerprint density at radius 1 is 0.917 bits per heavy atom. The summed E-state index contributed by atoms with van der Waals surface area (Å²) in [5.41, 5.74) is 2.66. The van der Waals surface area contributed by atoms with Gasteiger partial charge in [-0.05, 0) is 13.8 Å². The number of methoxy groups -OCH3 is 1. The van der Waals surface area contributed by atoms with Gasteiger partial charge in [0.15, 0.2) is 0 Å². The number of aryl methyl sites for hydroxylation is 2. The van der Waals surface area contributed by atoms with Crippen LogP contribution in [0.15, 0.2) is 24.3 Å². The molecular formula is C18H32N2O4. The van der Waals surface area contributed by atoms with Crippen LogP contribution >= 0.6 is 0 Å². The minimum atomic E-state index is -0.245. The number of rotatable bonds is 0. The summed E-state index contributed by atoms with van der Waals surface area (Å²) in [6.45, 7) is 8.55. The van der Waals surface area contributed by atoms with Gasteiger partial charge in [0.1, 0.15) is 0 Å². The zero-order valence-electron chi connectivity index (χ0n) is 16.4. The number of esters is 1. The highest BCUT2D eigenvalue weighted by molar-refractivity contribution is 5.72. The standard InChI is InChI=1S/C8H10.C4H9NO.C3H7NO.C3H6O2/c1-7-3-5-8(2)6-4-7;1-4(6)5(2)3;1-3(5)4-2;1-3(4)5-2/h3-6H,1-2H3;1-3H3;1-2H3,(H,4,5);1-2H3. The van der Waals surface area contributed by atoms with E-state index in [0.717, 1.165) is 0 Å². The molecule has 0 aliphatic heterocycles. The van der Waals surface area contributed by atoms with Gasteiger partial charge >= 0.3 is 5.97 Å². The maximum absolute atomic E-state index is 10.1. The van der Waals surface area contributed by atoms with Crippen LogP contribution in [0.25, 0.3) is 0 Å². The number of carbonyl (C=O) groups is 3. The molecule has 0 saturated heterocycles. The number of ether oxygens (including phenoxy) is 1. The van der Waals surface area contributed by atoms with Crippen molar-refractivity contribution < 1.29 is 19.1 Å². The third-order valence-electron chi connectivity index (χ3n) is 2.49. The molecule has 138 valence electrons. The Labute approximate surface area is 146 Å². The van der Waals surface area contributed by atoms with E-state index in [-0.39, 0.29) is 17.8 Å². The van der Waals surface area contributed by atoms with Crippen LogP contribution in [0.1, 0.15) is 31.9 Å². The van der Waals surface area contributed by atoms with Gasteiger partial charge < -0.3 is 15.0 Å². The number of nitrogens with zero attached hydrogens (tertiary/aromatic N) is 1. The van der Waals surface area contributed by atoms with Crippen molar-refractivity contribution in [1.29, 1.82) is 0 Å². The summed E-state index contributed by atoms with van der Waals surface area (Å²) in [4.78, 5) is 30.9. The summed E-state index contributed by atoms with van der Waals surface area (Å²) in [6, 6.07) is 8.48. The highest BCUT2D eigenvalue weighted by Gasteiger charge is 1.87. The molecule has 0 spiro atoms. The normalized spacial score (nSPS) is 7.88. The largest absolute Gasteiger partial charge is 0.469 e. The maximum atomic E-state index is 10.1. The van der Waals surface area contributed by atoms with E-state index in [0.29, 0.717) is 0 Å². The summed E-state index contributed by atoms with van der Waals surface area (Å²) >= 11 is 0. The van der Waals surface area contributed by atoms with Crippen molar-refractivity contribution in [1.82, 2.24) is 10.2 Å². The van der Waals surface area contributed by atoms with Gasteiger partial charge in [-0.2, -0.15) is 0 Å². The SMILES string of the molecule is CC(=O)N(C)C.CNC(C)=O.COC(C)=O.Cc1ccc(C)cc1. The Hall–Kier alpha value is -2.37. The maximum Gasteiger partial charge on any atom is 0.302 e. The van der Waals surface area contributed by atoms with Gasteiger partial charge in [0.25, 0.3) is 0 Å². The van der Waals surface area contributed by atoms with Crippen LogP contribution in [0.3, 0.4) is 0 Å². The summed E-state index contributed by atoms with van der Waals surface area (Å²) in [7, 11) is 6.40. The molecule has 6 heteroatoms. The molecule has 1 aromatic carbocycles. The lowest BCUT2D eigenvalue weighted by Crippen LogP contribution is -2.17. The molecule has 24 heavy (non-hydrogen) atoms. The lowest BCUT2D eigenvalue weighted by atomic mass is 10.2. The molecule has 0 unspecified atom stereocenters. The molecule has 0 radical (unpaired) electrons. The van der Waals surface area contributed by atoms with Crippen LogP contribution in [-0.2, 0) is 19.1 Å². The quantitative estimate of drug-likeness (QED) is 0.736. The van der Waals surface area contributed by atoms with Crippen LogP contribution in [0.4, 0.5) is 0 Å². The van der Waals surface area contributed by atoms with Crippen molar-refractivity contribution >= 4 is 17.8 Å². The van der Waals surface area contributed by atoms with Crippen LogP contribution in [0.5, 0.6) is 0 Å². The monoisotopic (exact) mass is 340 g/mol. The molecule has 1 aromatic rings. The molecule has 0 fully saturated rings. The fraction of sp³-hybridized carbons (Fsp3) is 0.500. The zero-order valence-corrected chi connectivity index (χ0v) is 16.4. The highest BCUT2D eigenvalue weighted by atomic mass is 16.5. The second-order valence-corrected chi connectivity index (χ2v) is 5.07. The predicted molar refractivity (Wildman–Crippen MR) is 97.7 cm³/mol. The number of carbonyl (C=O) groups excluding carboxylic acids is 3. The molecule has 0 aliphatic carbocycles. The summed E-state index contributed by atoms with van der Waals surface area (Å²) in [6.07, 6.45) is 0.